The molecule has 1 saturated heterocycles. The Labute approximate surface area is 214 Å². The lowest BCUT2D eigenvalue weighted by atomic mass is 10.1. The molecule has 0 radical (unpaired) electrons. The molecule has 0 spiro atoms. The van der Waals surface area contributed by atoms with Gasteiger partial charge in [0.25, 0.3) is 5.91 Å². The molecule has 0 aliphatic carbocycles. The van der Waals surface area contributed by atoms with Crippen LogP contribution in [0, 0.1) is 0 Å². The molecular weight excluding hydrogens is 485 g/mol. The molecule has 1 amide bonds. The summed E-state index contributed by atoms with van der Waals surface area (Å²) in [6.07, 6.45) is 1.54. The normalized spacial score (nSPS) is 20.1. The first-order valence-corrected chi connectivity index (χ1v) is 12.3. The van der Waals surface area contributed by atoms with Crippen molar-refractivity contribution in [2.75, 3.05) is 46.8 Å². The van der Waals surface area contributed by atoms with Gasteiger partial charge in [0.1, 0.15) is 11.4 Å². The summed E-state index contributed by atoms with van der Waals surface area (Å²) in [6, 6.07) is 14.3. The molecule has 8 nitrogen and oxygen atoms in total. The Bertz CT molecular complexity index is 1230. The highest BCUT2D eigenvalue weighted by Gasteiger charge is 2.32. The summed E-state index contributed by atoms with van der Waals surface area (Å²) in [5.41, 5.74) is 2.93. The van der Waals surface area contributed by atoms with Crippen molar-refractivity contribution < 1.29 is 4.79 Å². The van der Waals surface area contributed by atoms with Gasteiger partial charge < -0.3 is 20.4 Å². The maximum Gasteiger partial charge on any atom is 0.265 e. The van der Waals surface area contributed by atoms with E-state index in [1.54, 1.807) is 29.3 Å². The Morgan fingerprint density at radius 2 is 1.80 bits per heavy atom. The van der Waals surface area contributed by atoms with E-state index in [9.17, 15) is 4.79 Å². The minimum absolute atomic E-state index is 0.247. The zero-order valence-corrected chi connectivity index (χ0v) is 21.3. The summed E-state index contributed by atoms with van der Waals surface area (Å²) in [7, 11) is 1.87. The molecule has 2 aliphatic heterocycles. The summed E-state index contributed by atoms with van der Waals surface area (Å²) >= 11 is 12.7. The van der Waals surface area contributed by atoms with Gasteiger partial charge in [-0.2, -0.15) is 4.98 Å². The van der Waals surface area contributed by atoms with Gasteiger partial charge in [-0.05, 0) is 50.2 Å². The molecule has 3 aromatic rings. The third kappa shape index (κ3) is 4.61. The molecule has 3 heterocycles. The minimum Gasteiger partial charge on any atom is -0.366 e. The monoisotopic (exact) mass is 511 g/mol. The molecule has 2 N–H and O–H groups in total. The van der Waals surface area contributed by atoms with Gasteiger partial charge in [0, 0.05) is 49.8 Å². The summed E-state index contributed by atoms with van der Waals surface area (Å²) < 4.78 is 0. The molecule has 0 saturated carbocycles. The number of carbonyl (C=O) groups excluding carboxylic acids is 1. The number of nitrogens with one attached hydrogen (secondary N) is 2. The third-order valence-corrected chi connectivity index (χ3v) is 7.00. The summed E-state index contributed by atoms with van der Waals surface area (Å²) in [5, 5.41) is 7.59. The fourth-order valence-corrected chi connectivity index (χ4v) is 5.13. The number of nitrogens with zero attached hydrogens (tertiary/aromatic N) is 5. The smallest absolute Gasteiger partial charge is 0.265 e. The topological polar surface area (TPSA) is 76.6 Å². The van der Waals surface area contributed by atoms with Crippen LogP contribution in [0.3, 0.4) is 0 Å². The van der Waals surface area contributed by atoms with E-state index in [1.807, 2.05) is 24.1 Å². The Morgan fingerprint density at radius 3 is 2.51 bits per heavy atom. The van der Waals surface area contributed by atoms with Crippen LogP contribution in [0.2, 0.25) is 10.0 Å². The first-order valence-electron chi connectivity index (χ1n) is 11.5. The number of hydrogen-bond donors (Lipinski definition) is 2. The third-order valence-electron chi connectivity index (χ3n) is 6.39. The van der Waals surface area contributed by atoms with E-state index in [4.69, 9.17) is 23.2 Å². The summed E-state index contributed by atoms with van der Waals surface area (Å²) in [6.45, 7) is 6.63. The highest BCUT2D eigenvalue weighted by molar-refractivity contribution is 6.40. The largest absolute Gasteiger partial charge is 0.366 e. The van der Waals surface area contributed by atoms with Crippen LogP contribution < -0.4 is 25.3 Å². The van der Waals surface area contributed by atoms with Gasteiger partial charge in [0.05, 0.1) is 22.4 Å². The van der Waals surface area contributed by atoms with Crippen LogP contribution in [0.25, 0.3) is 0 Å². The predicted molar refractivity (Wildman–Crippen MR) is 143 cm³/mol. The van der Waals surface area contributed by atoms with E-state index in [0.29, 0.717) is 45.1 Å². The quantitative estimate of drug-likeness (QED) is 0.522. The van der Waals surface area contributed by atoms with E-state index < -0.39 is 0 Å². The second-order valence-electron chi connectivity index (χ2n) is 9.06. The lowest BCUT2D eigenvalue weighted by molar-refractivity contribution is 0.0982. The average Bonchev–Trinajstić information content (AvgIpc) is 2.84. The molecule has 2 atom stereocenters. The van der Waals surface area contributed by atoms with Crippen LogP contribution in [-0.2, 0) is 0 Å². The SMILES string of the molecule is C[C@@H]1CN(c2ccc(Nc3ncc4c(n3)N(C)CN(c3c(Cl)cccc3Cl)C4=O)cc2)[C@@H](C)CN1. The number of hydrogen-bond acceptors (Lipinski definition) is 7. The van der Waals surface area contributed by atoms with E-state index >= 15 is 0 Å². The Morgan fingerprint density at radius 1 is 1.09 bits per heavy atom. The van der Waals surface area contributed by atoms with Crippen molar-refractivity contribution in [1.82, 2.24) is 15.3 Å². The molecule has 5 rings (SSSR count). The van der Waals surface area contributed by atoms with Gasteiger partial charge in [0.2, 0.25) is 5.95 Å². The predicted octanol–water partition coefficient (Wildman–Crippen LogP) is 4.77. The first-order chi connectivity index (χ1) is 16.8. The number of anilines is 5. The Balaban J connectivity index is 1.35. The second-order valence-corrected chi connectivity index (χ2v) is 9.87. The average molecular weight is 512 g/mol. The molecule has 2 aromatic carbocycles. The summed E-state index contributed by atoms with van der Waals surface area (Å²) in [5.74, 6) is 0.722. The highest BCUT2D eigenvalue weighted by Crippen LogP contribution is 2.37. The number of amides is 1. The molecule has 1 fully saturated rings. The van der Waals surface area contributed by atoms with Gasteiger partial charge >= 0.3 is 0 Å². The van der Waals surface area contributed by atoms with Gasteiger partial charge in [-0.1, -0.05) is 29.3 Å². The number of benzene rings is 2. The molecule has 1 aromatic heterocycles. The molecule has 10 heteroatoms. The fourth-order valence-electron chi connectivity index (χ4n) is 4.53. The van der Waals surface area contributed by atoms with Gasteiger partial charge in [0.15, 0.2) is 0 Å². The van der Waals surface area contributed by atoms with E-state index in [2.05, 4.69) is 51.5 Å². The fraction of sp³-hybridized carbons (Fsp3) is 0.320. The van der Waals surface area contributed by atoms with E-state index in [-0.39, 0.29) is 12.6 Å². The van der Waals surface area contributed by atoms with Crippen LogP contribution in [-0.4, -0.2) is 54.8 Å². The van der Waals surface area contributed by atoms with Crippen LogP contribution >= 0.6 is 23.2 Å². The number of para-hydroxylation sites is 1. The number of aromatic nitrogens is 2. The van der Waals surface area contributed by atoms with Crippen LogP contribution in [0.4, 0.5) is 28.8 Å². The van der Waals surface area contributed by atoms with Crippen molar-refractivity contribution in [3.05, 3.63) is 64.3 Å². The number of piperazine rings is 1. The van der Waals surface area contributed by atoms with Gasteiger partial charge in [-0.15, -0.1) is 0 Å². The maximum absolute atomic E-state index is 13.2. The number of rotatable bonds is 4. The van der Waals surface area contributed by atoms with Crippen LogP contribution in [0.1, 0.15) is 24.2 Å². The van der Waals surface area contributed by atoms with Gasteiger partial charge in [-0.25, -0.2) is 4.98 Å². The lowest BCUT2D eigenvalue weighted by Crippen LogP contribution is -2.54. The van der Waals surface area contributed by atoms with Gasteiger partial charge in [-0.3, -0.25) is 9.69 Å². The zero-order chi connectivity index (χ0) is 24.7. The standard InChI is InChI=1S/C25H27Cl2N7O/c1-15-13-33(16(2)11-28-15)18-9-7-17(8-10-18)30-25-29-12-19-23(31-25)32(3)14-34(24(19)35)22-20(26)5-4-6-21(22)27/h4-10,12,15-16,28H,11,13-14H2,1-3H3,(H,29,30,31)/t15-,16+/m1/s1. The van der Waals surface area contributed by atoms with Crippen molar-refractivity contribution in [3.63, 3.8) is 0 Å². The first kappa shape index (κ1) is 23.7. The number of fused-ring (bicyclic) bond motifs is 1. The van der Waals surface area contributed by atoms with Crippen molar-refractivity contribution >= 4 is 57.9 Å². The van der Waals surface area contributed by atoms with Crippen LogP contribution in [0.15, 0.2) is 48.7 Å². The van der Waals surface area contributed by atoms with E-state index in [1.165, 1.54) is 5.69 Å². The zero-order valence-electron chi connectivity index (χ0n) is 19.8. The van der Waals surface area contributed by atoms with Crippen molar-refractivity contribution in [2.45, 2.75) is 25.9 Å². The second kappa shape index (κ2) is 9.53. The molecule has 0 unspecified atom stereocenters. The Hall–Kier alpha value is -3.07. The Kier molecular flexibility index (Phi) is 6.44. The van der Waals surface area contributed by atoms with Crippen molar-refractivity contribution in [2.24, 2.45) is 0 Å². The minimum atomic E-state index is -0.247. The molecule has 35 heavy (non-hydrogen) atoms. The molecule has 2 aliphatic rings. The van der Waals surface area contributed by atoms with Crippen molar-refractivity contribution in [3.8, 4) is 0 Å². The number of halogens is 2. The highest BCUT2D eigenvalue weighted by atomic mass is 35.5. The molecular formula is C25H27Cl2N7O. The number of carbonyl (C=O) groups is 1. The lowest BCUT2D eigenvalue weighted by Gasteiger charge is -2.39. The maximum atomic E-state index is 13.2. The van der Waals surface area contributed by atoms with Crippen molar-refractivity contribution in [1.29, 1.82) is 0 Å². The molecule has 0 bridgehead atoms. The summed E-state index contributed by atoms with van der Waals surface area (Å²) in [4.78, 5) is 28.1. The van der Waals surface area contributed by atoms with E-state index in [0.717, 1.165) is 18.8 Å². The van der Waals surface area contributed by atoms with Crippen LogP contribution in [0.5, 0.6) is 0 Å². The molecule has 182 valence electrons.